The zero-order valence-electron chi connectivity index (χ0n) is 13.9. The number of carbonyl (C=O) groups excluding carboxylic acids is 3. The lowest BCUT2D eigenvalue weighted by Crippen LogP contribution is -2.66. The molecule has 7 nitrogen and oxygen atoms in total. The maximum atomic E-state index is 12.4. The Balaban J connectivity index is 0.000000485. The first-order valence-corrected chi connectivity index (χ1v) is 8.42. The second kappa shape index (κ2) is 6.11. The normalized spacial score (nSPS) is 31.4. The van der Waals surface area contributed by atoms with Gasteiger partial charge < -0.3 is 25.2 Å². The fourth-order valence-corrected chi connectivity index (χ4v) is 4.59. The van der Waals surface area contributed by atoms with Gasteiger partial charge in [-0.3, -0.25) is 4.79 Å². The average molecular weight is 322 g/mol. The summed E-state index contributed by atoms with van der Waals surface area (Å²) < 4.78 is 0. The van der Waals surface area contributed by atoms with Crippen LogP contribution in [0.3, 0.4) is 0 Å². The summed E-state index contributed by atoms with van der Waals surface area (Å²) in [5, 5.41) is 6.07. The highest BCUT2D eigenvalue weighted by molar-refractivity contribution is 5.89. The summed E-state index contributed by atoms with van der Waals surface area (Å²) in [7, 11) is 2.14. The molecule has 1 aliphatic carbocycles. The van der Waals surface area contributed by atoms with Crippen molar-refractivity contribution in [3.8, 4) is 0 Å². The lowest BCUT2D eigenvalue weighted by atomic mass is 9.61. The molecule has 3 heterocycles. The summed E-state index contributed by atoms with van der Waals surface area (Å²) in [5.41, 5.74) is 0.482. The van der Waals surface area contributed by atoms with E-state index in [0.29, 0.717) is 18.0 Å². The molecule has 1 saturated carbocycles. The molecule has 2 unspecified atom stereocenters. The molecule has 4 rings (SSSR count). The van der Waals surface area contributed by atoms with Gasteiger partial charge in [-0.05, 0) is 45.1 Å². The van der Waals surface area contributed by atoms with Gasteiger partial charge in [0.25, 0.3) is 0 Å². The van der Waals surface area contributed by atoms with E-state index in [4.69, 9.17) is 4.79 Å². The molecular weight excluding hydrogens is 296 g/mol. The first-order valence-electron chi connectivity index (χ1n) is 8.42. The van der Waals surface area contributed by atoms with E-state index in [9.17, 15) is 9.59 Å². The van der Waals surface area contributed by atoms with Gasteiger partial charge in [0.2, 0.25) is 5.91 Å². The van der Waals surface area contributed by atoms with Crippen molar-refractivity contribution in [1.29, 1.82) is 0 Å². The van der Waals surface area contributed by atoms with Crippen LogP contribution in [0.1, 0.15) is 32.6 Å². The highest BCUT2D eigenvalue weighted by atomic mass is 16.2. The second-order valence-corrected chi connectivity index (χ2v) is 7.41. The lowest BCUT2D eigenvalue weighted by molar-refractivity contribution is -0.131. The maximum Gasteiger partial charge on any atom is 0.318 e. The molecule has 2 N–H and O–H groups in total. The predicted octanol–water partition coefficient (Wildman–Crippen LogP) is -0.0418. The Morgan fingerprint density at radius 3 is 2.61 bits per heavy atom. The van der Waals surface area contributed by atoms with E-state index < -0.39 is 0 Å². The molecule has 7 heteroatoms. The number of urea groups is 1. The predicted molar refractivity (Wildman–Crippen MR) is 84.9 cm³/mol. The highest BCUT2D eigenvalue weighted by Crippen LogP contribution is 2.47. The number of hydrogen-bond donors (Lipinski definition) is 2. The van der Waals surface area contributed by atoms with E-state index in [0.717, 1.165) is 32.0 Å². The molecular formula is C16H26N4O3. The number of amides is 3. The third-order valence-corrected chi connectivity index (χ3v) is 5.39. The molecule has 2 atom stereocenters. The van der Waals surface area contributed by atoms with Crippen LogP contribution in [0.4, 0.5) is 4.79 Å². The number of aldehydes is 1. The minimum atomic E-state index is -0.255. The van der Waals surface area contributed by atoms with Crippen molar-refractivity contribution in [2.75, 3.05) is 26.7 Å². The van der Waals surface area contributed by atoms with Gasteiger partial charge >= 0.3 is 6.03 Å². The Hall–Kier alpha value is -1.63. The summed E-state index contributed by atoms with van der Waals surface area (Å²) in [6.07, 6.45) is 4.66. The molecule has 128 valence electrons. The number of likely N-dealkylation sites (tertiary alicyclic amines) is 1. The zero-order valence-corrected chi connectivity index (χ0v) is 13.9. The van der Waals surface area contributed by atoms with E-state index in [1.807, 2.05) is 0 Å². The van der Waals surface area contributed by atoms with E-state index in [1.54, 1.807) is 4.90 Å². The molecule has 3 amide bonds. The van der Waals surface area contributed by atoms with Crippen LogP contribution < -0.4 is 10.6 Å². The fraction of sp³-hybridized carbons (Fsp3) is 0.812. The smallest absolute Gasteiger partial charge is 0.318 e. The third-order valence-electron chi connectivity index (χ3n) is 5.39. The summed E-state index contributed by atoms with van der Waals surface area (Å²) >= 11 is 0. The van der Waals surface area contributed by atoms with Gasteiger partial charge in [0.05, 0.1) is 0 Å². The second-order valence-electron chi connectivity index (χ2n) is 7.41. The summed E-state index contributed by atoms with van der Waals surface area (Å²) in [4.78, 5) is 37.0. The zero-order chi connectivity index (χ0) is 16.6. The minimum absolute atomic E-state index is 0.0491. The molecule has 1 spiro atoms. The van der Waals surface area contributed by atoms with Crippen molar-refractivity contribution in [1.82, 2.24) is 20.4 Å². The van der Waals surface area contributed by atoms with Gasteiger partial charge in [-0.25, -0.2) is 4.79 Å². The van der Waals surface area contributed by atoms with Crippen LogP contribution in [0.15, 0.2) is 0 Å². The number of piperidine rings is 1. The number of carbonyl (C=O) groups is 3. The lowest BCUT2D eigenvalue weighted by Gasteiger charge is -2.58. The quantitative estimate of drug-likeness (QED) is 0.699. The number of nitrogens with zero attached hydrogens (tertiary/aromatic N) is 2. The Morgan fingerprint density at radius 1 is 1.35 bits per heavy atom. The van der Waals surface area contributed by atoms with Gasteiger partial charge in [-0.2, -0.15) is 0 Å². The fourth-order valence-electron chi connectivity index (χ4n) is 4.59. The Morgan fingerprint density at radius 2 is 2.00 bits per heavy atom. The molecule has 4 fully saturated rings. The van der Waals surface area contributed by atoms with Crippen molar-refractivity contribution >= 4 is 18.2 Å². The molecule has 0 aromatic rings. The van der Waals surface area contributed by atoms with E-state index in [1.165, 1.54) is 20.0 Å². The molecule has 4 aliphatic rings. The van der Waals surface area contributed by atoms with Gasteiger partial charge in [-0.15, -0.1) is 0 Å². The van der Waals surface area contributed by atoms with Crippen molar-refractivity contribution < 1.29 is 14.4 Å². The average Bonchev–Trinajstić information content (AvgIpc) is 2.71. The SMILES string of the molecule is CC=O.CN1CC2(CC(NC(=O)C3CCC4CN3C(=O)N4)C2)C1. The Kier molecular flexibility index (Phi) is 4.31. The topological polar surface area (TPSA) is 81.8 Å². The highest BCUT2D eigenvalue weighted by Gasteiger charge is 2.52. The van der Waals surface area contributed by atoms with E-state index in [2.05, 4.69) is 22.6 Å². The number of hydrogen-bond acceptors (Lipinski definition) is 4. The van der Waals surface area contributed by atoms with Crippen molar-refractivity contribution in [3.05, 3.63) is 0 Å². The van der Waals surface area contributed by atoms with Crippen LogP contribution in [0.2, 0.25) is 0 Å². The molecule has 23 heavy (non-hydrogen) atoms. The third kappa shape index (κ3) is 3.06. The first kappa shape index (κ1) is 16.2. The van der Waals surface area contributed by atoms with Crippen LogP contribution in [0.25, 0.3) is 0 Å². The van der Waals surface area contributed by atoms with Crippen LogP contribution in [0, 0.1) is 5.41 Å². The number of rotatable bonds is 2. The molecule has 0 aromatic heterocycles. The van der Waals surface area contributed by atoms with Gasteiger partial charge in [0.15, 0.2) is 0 Å². The molecule has 0 aromatic carbocycles. The maximum absolute atomic E-state index is 12.4. The summed E-state index contributed by atoms with van der Waals surface area (Å²) in [6.45, 7) is 4.47. The molecule has 3 saturated heterocycles. The number of nitrogens with one attached hydrogen (secondary N) is 2. The first-order chi connectivity index (χ1) is 11.0. The van der Waals surface area contributed by atoms with Crippen molar-refractivity contribution in [3.63, 3.8) is 0 Å². The van der Waals surface area contributed by atoms with Crippen LogP contribution >= 0.6 is 0 Å². The Labute approximate surface area is 136 Å². The van der Waals surface area contributed by atoms with Gasteiger partial charge in [0, 0.05) is 31.7 Å². The van der Waals surface area contributed by atoms with Crippen molar-refractivity contribution in [2.24, 2.45) is 5.41 Å². The minimum Gasteiger partial charge on any atom is -0.352 e. The largest absolute Gasteiger partial charge is 0.352 e. The monoisotopic (exact) mass is 322 g/mol. The van der Waals surface area contributed by atoms with Gasteiger partial charge in [-0.1, -0.05) is 0 Å². The summed E-state index contributed by atoms with van der Waals surface area (Å²) in [5.74, 6) is 0.0491. The Bertz CT molecular complexity index is 496. The van der Waals surface area contributed by atoms with Crippen molar-refractivity contribution in [2.45, 2.75) is 50.7 Å². The molecule has 3 aliphatic heterocycles. The molecule has 0 radical (unpaired) electrons. The summed E-state index contributed by atoms with van der Waals surface area (Å²) in [6, 6.07) is 0.247. The van der Waals surface area contributed by atoms with Crippen LogP contribution in [0.5, 0.6) is 0 Å². The van der Waals surface area contributed by atoms with E-state index >= 15 is 0 Å². The standard InChI is InChI=1S/C14H22N4O2.C2H4O/c1-17-7-14(8-17)4-10(5-14)15-12(19)11-3-2-9-6-18(11)13(20)16-9;1-2-3/h9-11H,2-8H2,1H3,(H,15,19)(H,16,20);2H,1H3. The van der Waals surface area contributed by atoms with E-state index in [-0.39, 0.29) is 24.0 Å². The van der Waals surface area contributed by atoms with Crippen LogP contribution in [-0.2, 0) is 9.59 Å². The van der Waals surface area contributed by atoms with Gasteiger partial charge in [0.1, 0.15) is 12.3 Å². The molecule has 2 bridgehead atoms. The van der Waals surface area contributed by atoms with Crippen LogP contribution in [-0.4, -0.2) is 72.8 Å². The number of fused-ring (bicyclic) bond motifs is 2.